The first-order chi connectivity index (χ1) is 7.20. The molecule has 1 N–H and O–H groups in total. The molecule has 0 aliphatic carbocycles. The number of carboxylic acids is 1. The van der Waals surface area contributed by atoms with Crippen molar-refractivity contribution in [1.82, 2.24) is 4.90 Å². The number of morpholine rings is 1. The molecule has 1 rings (SSSR count). The maximum absolute atomic E-state index is 11.5. The van der Waals surface area contributed by atoms with Gasteiger partial charge in [-0.05, 0) is 0 Å². The van der Waals surface area contributed by atoms with Crippen LogP contribution in [-0.4, -0.2) is 59.7 Å². The Morgan fingerprint density at radius 2 is 2.00 bits per heavy atom. The zero-order valence-corrected chi connectivity index (χ0v) is 9.29. The normalized spacial score (nSPS) is 16.4. The average molecular weight is 233 g/mol. The lowest BCUT2D eigenvalue weighted by Gasteiger charge is -2.26. The third-order valence-electron chi connectivity index (χ3n) is 2.05. The Bertz CT molecular complexity index is 228. The van der Waals surface area contributed by atoms with E-state index in [9.17, 15) is 9.59 Å². The molecule has 6 heteroatoms. The predicted molar refractivity (Wildman–Crippen MR) is 57.0 cm³/mol. The number of carbonyl (C=O) groups excluding carboxylic acids is 1. The Labute approximate surface area is 92.8 Å². The van der Waals surface area contributed by atoms with E-state index in [1.165, 1.54) is 11.8 Å². The van der Waals surface area contributed by atoms with Crippen LogP contribution in [-0.2, 0) is 14.3 Å². The van der Waals surface area contributed by atoms with Gasteiger partial charge in [-0.1, -0.05) is 0 Å². The third kappa shape index (κ3) is 5.03. The Kier molecular flexibility index (Phi) is 5.49. The number of hydrogen-bond acceptors (Lipinski definition) is 4. The lowest BCUT2D eigenvalue weighted by Crippen LogP contribution is -2.41. The summed E-state index contributed by atoms with van der Waals surface area (Å²) in [5.74, 6) is 0.119. The van der Waals surface area contributed by atoms with Gasteiger partial charge in [-0.25, -0.2) is 0 Å². The predicted octanol–water partition coefficient (Wildman–Crippen LogP) is 0.0531. The van der Waals surface area contributed by atoms with Gasteiger partial charge in [-0.15, -0.1) is 0 Å². The summed E-state index contributed by atoms with van der Waals surface area (Å²) in [6.45, 7) is 2.51. The van der Waals surface area contributed by atoms with Crippen LogP contribution in [0.3, 0.4) is 0 Å². The minimum Gasteiger partial charge on any atom is -0.481 e. The fourth-order valence-electron chi connectivity index (χ4n) is 1.22. The van der Waals surface area contributed by atoms with Crippen LogP contribution in [0.4, 0.5) is 0 Å². The number of amides is 1. The molecule has 0 aromatic rings. The molecule has 1 heterocycles. The van der Waals surface area contributed by atoms with E-state index < -0.39 is 5.97 Å². The molecule has 0 unspecified atom stereocenters. The quantitative estimate of drug-likeness (QED) is 0.680. The minimum absolute atomic E-state index is 0.0775. The van der Waals surface area contributed by atoms with Crippen LogP contribution in [0.2, 0.25) is 0 Å². The van der Waals surface area contributed by atoms with Gasteiger partial charge in [0.05, 0.1) is 25.4 Å². The zero-order valence-electron chi connectivity index (χ0n) is 8.48. The summed E-state index contributed by atoms with van der Waals surface area (Å²) >= 11 is 1.37. The Hall–Kier alpha value is -0.750. The van der Waals surface area contributed by atoms with E-state index >= 15 is 0 Å². The summed E-state index contributed by atoms with van der Waals surface area (Å²) < 4.78 is 5.13. The summed E-state index contributed by atoms with van der Waals surface area (Å²) in [6.07, 6.45) is 0.112. The molecule has 0 aromatic carbocycles. The zero-order chi connectivity index (χ0) is 11.1. The van der Waals surface area contributed by atoms with E-state index in [1.807, 2.05) is 0 Å². The van der Waals surface area contributed by atoms with Crippen molar-refractivity contribution in [2.45, 2.75) is 6.42 Å². The lowest BCUT2D eigenvalue weighted by atomic mass is 10.4. The van der Waals surface area contributed by atoms with E-state index in [4.69, 9.17) is 9.84 Å². The SMILES string of the molecule is O=C(O)CCSCC(=O)N1CCOCC1. The van der Waals surface area contributed by atoms with Crippen molar-refractivity contribution in [3.05, 3.63) is 0 Å². The fraction of sp³-hybridized carbons (Fsp3) is 0.778. The molecular formula is C9H15NO4S. The van der Waals surface area contributed by atoms with Crippen LogP contribution in [0.1, 0.15) is 6.42 Å². The molecule has 0 atom stereocenters. The summed E-state index contributed by atoms with van der Waals surface area (Å²) in [6, 6.07) is 0. The van der Waals surface area contributed by atoms with E-state index in [2.05, 4.69) is 0 Å². The summed E-state index contributed by atoms with van der Waals surface area (Å²) in [5, 5.41) is 8.40. The highest BCUT2D eigenvalue weighted by Crippen LogP contribution is 2.06. The number of thioether (sulfide) groups is 1. The highest BCUT2D eigenvalue weighted by molar-refractivity contribution is 7.99. The number of carboxylic acid groups (broad SMARTS) is 1. The second-order valence-corrected chi connectivity index (χ2v) is 4.29. The van der Waals surface area contributed by atoms with E-state index in [0.29, 0.717) is 37.8 Å². The van der Waals surface area contributed by atoms with Gasteiger partial charge in [0.15, 0.2) is 0 Å². The third-order valence-corrected chi connectivity index (χ3v) is 2.99. The first-order valence-corrected chi connectivity index (χ1v) is 6.00. The van der Waals surface area contributed by atoms with E-state index in [-0.39, 0.29) is 12.3 Å². The number of ether oxygens (including phenoxy) is 1. The van der Waals surface area contributed by atoms with Crippen molar-refractivity contribution in [3.63, 3.8) is 0 Å². The summed E-state index contributed by atoms with van der Waals surface area (Å²) in [7, 11) is 0. The Morgan fingerprint density at radius 1 is 1.33 bits per heavy atom. The average Bonchev–Trinajstić information content (AvgIpc) is 2.25. The monoisotopic (exact) mass is 233 g/mol. The molecular weight excluding hydrogens is 218 g/mol. The number of aliphatic carboxylic acids is 1. The summed E-state index contributed by atoms with van der Waals surface area (Å²) in [5.41, 5.74) is 0. The Balaban J connectivity index is 2.09. The van der Waals surface area contributed by atoms with Crippen molar-refractivity contribution in [1.29, 1.82) is 0 Å². The van der Waals surface area contributed by atoms with E-state index in [0.717, 1.165) is 0 Å². The molecule has 0 radical (unpaired) electrons. The molecule has 0 saturated carbocycles. The molecule has 15 heavy (non-hydrogen) atoms. The van der Waals surface area contributed by atoms with Gasteiger partial charge < -0.3 is 14.7 Å². The van der Waals surface area contributed by atoms with Gasteiger partial charge in [-0.3, -0.25) is 9.59 Å². The molecule has 1 aliphatic heterocycles. The van der Waals surface area contributed by atoms with E-state index in [1.54, 1.807) is 4.90 Å². The highest BCUT2D eigenvalue weighted by atomic mass is 32.2. The lowest BCUT2D eigenvalue weighted by molar-refractivity contribution is -0.136. The maximum atomic E-state index is 11.5. The van der Waals surface area contributed by atoms with Gasteiger partial charge >= 0.3 is 5.97 Å². The minimum atomic E-state index is -0.818. The number of nitrogens with zero attached hydrogens (tertiary/aromatic N) is 1. The standard InChI is InChI=1S/C9H15NO4S/c11-8(7-15-6-1-9(12)13)10-2-4-14-5-3-10/h1-7H2,(H,12,13). The fourth-order valence-corrected chi connectivity index (χ4v) is 2.04. The van der Waals surface area contributed by atoms with Gasteiger partial charge in [0.1, 0.15) is 0 Å². The topological polar surface area (TPSA) is 66.8 Å². The second-order valence-electron chi connectivity index (χ2n) is 3.19. The van der Waals surface area contributed by atoms with Crippen LogP contribution >= 0.6 is 11.8 Å². The number of hydrogen-bond donors (Lipinski definition) is 1. The summed E-state index contributed by atoms with van der Waals surface area (Å²) in [4.78, 5) is 23.5. The molecule has 0 spiro atoms. The van der Waals surface area contributed by atoms with Crippen LogP contribution in [0, 0.1) is 0 Å². The molecule has 1 saturated heterocycles. The molecule has 0 bridgehead atoms. The van der Waals surface area contributed by atoms with Crippen LogP contribution in [0.25, 0.3) is 0 Å². The number of carbonyl (C=O) groups is 2. The van der Waals surface area contributed by atoms with Crippen LogP contribution < -0.4 is 0 Å². The molecule has 1 amide bonds. The largest absolute Gasteiger partial charge is 0.481 e. The van der Waals surface area contributed by atoms with Crippen molar-refractivity contribution in [3.8, 4) is 0 Å². The van der Waals surface area contributed by atoms with Gasteiger partial charge in [0.25, 0.3) is 0 Å². The van der Waals surface area contributed by atoms with Crippen molar-refractivity contribution >= 4 is 23.6 Å². The Morgan fingerprint density at radius 3 is 2.60 bits per heavy atom. The molecule has 86 valence electrons. The maximum Gasteiger partial charge on any atom is 0.304 e. The smallest absolute Gasteiger partial charge is 0.304 e. The molecule has 5 nitrogen and oxygen atoms in total. The number of rotatable bonds is 5. The van der Waals surface area contributed by atoms with Gasteiger partial charge in [-0.2, -0.15) is 11.8 Å². The van der Waals surface area contributed by atoms with Gasteiger partial charge in [0.2, 0.25) is 5.91 Å². The van der Waals surface area contributed by atoms with Crippen LogP contribution in [0.5, 0.6) is 0 Å². The van der Waals surface area contributed by atoms with Crippen molar-refractivity contribution in [2.75, 3.05) is 37.8 Å². The molecule has 0 aromatic heterocycles. The first-order valence-electron chi connectivity index (χ1n) is 4.85. The van der Waals surface area contributed by atoms with Crippen molar-refractivity contribution in [2.24, 2.45) is 0 Å². The van der Waals surface area contributed by atoms with Crippen LogP contribution in [0.15, 0.2) is 0 Å². The second kappa shape index (κ2) is 6.68. The van der Waals surface area contributed by atoms with Gasteiger partial charge in [0, 0.05) is 18.8 Å². The molecule has 1 fully saturated rings. The molecule has 1 aliphatic rings. The van der Waals surface area contributed by atoms with Crippen molar-refractivity contribution < 1.29 is 19.4 Å². The first kappa shape index (κ1) is 12.3. The highest BCUT2D eigenvalue weighted by Gasteiger charge is 2.16.